The van der Waals surface area contributed by atoms with Crippen molar-refractivity contribution in [1.29, 1.82) is 0 Å². The molecule has 0 N–H and O–H groups in total. The molecule has 8 nitrogen and oxygen atoms in total. The van der Waals surface area contributed by atoms with Crippen molar-refractivity contribution in [3.8, 4) is 11.5 Å². The zero-order valence-electron chi connectivity index (χ0n) is 14.0. The van der Waals surface area contributed by atoms with E-state index < -0.39 is 5.69 Å². The Labute approximate surface area is 142 Å². The van der Waals surface area contributed by atoms with Crippen LogP contribution in [-0.2, 0) is 21.1 Å². The van der Waals surface area contributed by atoms with E-state index in [0.717, 1.165) is 15.9 Å². The molecule has 0 saturated carbocycles. The quantitative estimate of drug-likeness (QED) is 0.691. The van der Waals surface area contributed by atoms with Gasteiger partial charge < -0.3 is 14.0 Å². The number of nitrogens with zero attached hydrogens (tertiary/aromatic N) is 4. The molecule has 1 aliphatic rings. The van der Waals surface area contributed by atoms with Gasteiger partial charge in [0.1, 0.15) is 5.82 Å². The number of benzene rings is 1. The van der Waals surface area contributed by atoms with E-state index in [2.05, 4.69) is 4.98 Å². The molecule has 128 valence electrons. The Morgan fingerprint density at radius 2 is 1.76 bits per heavy atom. The van der Waals surface area contributed by atoms with Gasteiger partial charge >= 0.3 is 5.69 Å². The Balaban J connectivity index is 1.81. The van der Waals surface area contributed by atoms with Crippen molar-refractivity contribution < 1.29 is 9.47 Å². The van der Waals surface area contributed by atoms with Crippen LogP contribution in [0.1, 0.15) is 11.4 Å². The Morgan fingerprint density at radius 1 is 1.00 bits per heavy atom. The Kier molecular flexibility index (Phi) is 3.28. The van der Waals surface area contributed by atoms with Gasteiger partial charge in [0.25, 0.3) is 5.56 Å². The lowest BCUT2D eigenvalue weighted by molar-refractivity contribution is 0.174. The minimum Gasteiger partial charge on any atom is -0.454 e. The second kappa shape index (κ2) is 5.37. The summed E-state index contributed by atoms with van der Waals surface area (Å²) in [5, 5.41) is 0. The number of aromatic nitrogens is 4. The van der Waals surface area contributed by atoms with Gasteiger partial charge in [-0.1, -0.05) is 12.1 Å². The number of ether oxygens (including phenoxy) is 2. The maximum atomic E-state index is 12.4. The lowest BCUT2D eigenvalue weighted by Crippen LogP contribution is -2.37. The van der Waals surface area contributed by atoms with Crippen LogP contribution in [0.4, 0.5) is 0 Å². The SMILES string of the molecule is Cn1c(=O)c2c(nc(C=Cc3ccc4c(c3)OCO4)n2C)n(C)c1=O. The summed E-state index contributed by atoms with van der Waals surface area (Å²) in [7, 11) is 4.81. The molecule has 3 heterocycles. The molecule has 25 heavy (non-hydrogen) atoms. The highest BCUT2D eigenvalue weighted by atomic mass is 16.7. The Morgan fingerprint density at radius 3 is 2.56 bits per heavy atom. The van der Waals surface area contributed by atoms with E-state index in [-0.39, 0.29) is 12.4 Å². The summed E-state index contributed by atoms with van der Waals surface area (Å²) in [4.78, 5) is 28.8. The van der Waals surface area contributed by atoms with Gasteiger partial charge in [-0.15, -0.1) is 0 Å². The maximum absolute atomic E-state index is 12.4. The van der Waals surface area contributed by atoms with E-state index >= 15 is 0 Å². The topological polar surface area (TPSA) is 80.3 Å². The standard InChI is InChI=1S/C17H16N4O4/c1-19-13(7-5-10-4-6-11-12(8-10)25-9-24-11)18-15-14(19)16(22)21(3)17(23)20(15)2/h4-8H,9H2,1-3H3. The molecule has 8 heteroatoms. The lowest BCUT2D eigenvalue weighted by Gasteiger charge is -2.03. The van der Waals surface area contributed by atoms with Crippen LogP contribution in [0.2, 0.25) is 0 Å². The van der Waals surface area contributed by atoms with Crippen LogP contribution >= 0.6 is 0 Å². The fourth-order valence-electron chi connectivity index (χ4n) is 2.87. The third-order valence-corrected chi connectivity index (χ3v) is 4.33. The van der Waals surface area contributed by atoms with Gasteiger partial charge in [-0.3, -0.25) is 13.9 Å². The van der Waals surface area contributed by atoms with Crippen LogP contribution in [0.25, 0.3) is 23.3 Å². The molecule has 0 spiro atoms. The van der Waals surface area contributed by atoms with Gasteiger partial charge in [0.05, 0.1) is 0 Å². The van der Waals surface area contributed by atoms with Crippen LogP contribution in [0.3, 0.4) is 0 Å². The summed E-state index contributed by atoms with van der Waals surface area (Å²) in [5.74, 6) is 1.99. The fraction of sp³-hybridized carbons (Fsp3) is 0.235. The molecular weight excluding hydrogens is 324 g/mol. The number of rotatable bonds is 2. The van der Waals surface area contributed by atoms with Gasteiger partial charge in [-0.2, -0.15) is 0 Å². The van der Waals surface area contributed by atoms with Crippen molar-refractivity contribution in [2.24, 2.45) is 21.1 Å². The lowest BCUT2D eigenvalue weighted by atomic mass is 10.2. The predicted octanol–water partition coefficient (Wildman–Crippen LogP) is 0.870. The summed E-state index contributed by atoms with van der Waals surface area (Å²) in [6, 6.07) is 5.62. The van der Waals surface area contributed by atoms with E-state index in [9.17, 15) is 9.59 Å². The Hall–Kier alpha value is -3.29. The van der Waals surface area contributed by atoms with Gasteiger partial charge in [0, 0.05) is 21.1 Å². The smallest absolute Gasteiger partial charge is 0.332 e. The molecule has 3 aromatic rings. The second-order valence-corrected chi connectivity index (χ2v) is 5.85. The minimum atomic E-state index is -0.401. The molecule has 4 rings (SSSR count). The molecule has 1 aromatic carbocycles. The van der Waals surface area contributed by atoms with E-state index in [1.807, 2.05) is 24.3 Å². The van der Waals surface area contributed by atoms with Crippen LogP contribution in [0.15, 0.2) is 27.8 Å². The summed E-state index contributed by atoms with van der Waals surface area (Å²) in [6.07, 6.45) is 3.66. The minimum absolute atomic E-state index is 0.227. The summed E-state index contributed by atoms with van der Waals surface area (Å²) >= 11 is 0. The fourth-order valence-corrected chi connectivity index (χ4v) is 2.87. The molecule has 0 aliphatic carbocycles. The summed E-state index contributed by atoms with van der Waals surface area (Å²) in [6.45, 7) is 0.227. The van der Waals surface area contributed by atoms with Crippen LogP contribution < -0.4 is 20.7 Å². The first-order chi connectivity index (χ1) is 12.0. The highest BCUT2D eigenvalue weighted by Crippen LogP contribution is 2.32. The number of hydrogen-bond donors (Lipinski definition) is 0. The highest BCUT2D eigenvalue weighted by Gasteiger charge is 2.16. The van der Waals surface area contributed by atoms with E-state index in [0.29, 0.717) is 22.7 Å². The molecular formula is C17H16N4O4. The van der Waals surface area contributed by atoms with Gasteiger partial charge in [0.15, 0.2) is 22.7 Å². The van der Waals surface area contributed by atoms with Crippen LogP contribution in [0, 0.1) is 0 Å². The van der Waals surface area contributed by atoms with Crippen LogP contribution in [-0.4, -0.2) is 25.5 Å². The third-order valence-electron chi connectivity index (χ3n) is 4.33. The van der Waals surface area contributed by atoms with Gasteiger partial charge in [-0.05, 0) is 23.8 Å². The van der Waals surface area contributed by atoms with Crippen LogP contribution in [0.5, 0.6) is 11.5 Å². The molecule has 0 saturated heterocycles. The molecule has 1 aliphatic heterocycles. The van der Waals surface area contributed by atoms with Crippen molar-refractivity contribution >= 4 is 23.3 Å². The monoisotopic (exact) mass is 340 g/mol. The molecule has 0 bridgehead atoms. The molecule has 0 radical (unpaired) electrons. The number of fused-ring (bicyclic) bond motifs is 2. The molecule has 0 unspecified atom stereocenters. The van der Waals surface area contributed by atoms with E-state index in [1.165, 1.54) is 11.6 Å². The number of imidazole rings is 1. The van der Waals surface area contributed by atoms with Gasteiger partial charge in [0.2, 0.25) is 6.79 Å². The van der Waals surface area contributed by atoms with Gasteiger partial charge in [-0.25, -0.2) is 9.78 Å². The first-order valence-corrected chi connectivity index (χ1v) is 7.67. The van der Waals surface area contributed by atoms with Crippen molar-refractivity contribution in [2.75, 3.05) is 6.79 Å². The predicted molar refractivity (Wildman–Crippen MR) is 92.7 cm³/mol. The molecule has 2 aromatic heterocycles. The maximum Gasteiger partial charge on any atom is 0.332 e. The average molecular weight is 340 g/mol. The first-order valence-electron chi connectivity index (χ1n) is 7.67. The van der Waals surface area contributed by atoms with Crippen molar-refractivity contribution in [3.63, 3.8) is 0 Å². The molecule has 0 amide bonds. The Bertz CT molecular complexity index is 1150. The highest BCUT2D eigenvalue weighted by molar-refractivity contribution is 5.77. The largest absolute Gasteiger partial charge is 0.454 e. The number of hydrogen-bond acceptors (Lipinski definition) is 5. The number of aryl methyl sites for hydroxylation is 2. The average Bonchev–Trinajstić information content (AvgIpc) is 3.20. The third kappa shape index (κ3) is 2.25. The zero-order chi connectivity index (χ0) is 17.7. The zero-order valence-corrected chi connectivity index (χ0v) is 14.0. The summed E-state index contributed by atoms with van der Waals surface area (Å²) in [5.41, 5.74) is 0.895. The summed E-state index contributed by atoms with van der Waals surface area (Å²) < 4.78 is 14.8. The van der Waals surface area contributed by atoms with Crippen molar-refractivity contribution in [2.45, 2.75) is 0 Å². The normalized spacial score (nSPS) is 13.2. The van der Waals surface area contributed by atoms with Crippen molar-refractivity contribution in [1.82, 2.24) is 18.7 Å². The van der Waals surface area contributed by atoms with Crippen molar-refractivity contribution in [3.05, 3.63) is 50.4 Å². The van der Waals surface area contributed by atoms with E-state index in [4.69, 9.17) is 9.47 Å². The van der Waals surface area contributed by atoms with E-state index in [1.54, 1.807) is 24.7 Å². The molecule has 0 atom stereocenters. The molecule has 0 fully saturated rings. The second-order valence-electron chi connectivity index (χ2n) is 5.85. The first kappa shape index (κ1) is 15.3.